The van der Waals surface area contributed by atoms with Crippen LogP contribution in [0.3, 0.4) is 0 Å². The van der Waals surface area contributed by atoms with Gasteiger partial charge in [-0.3, -0.25) is 24.6 Å². The molecular formula is C12H14N4O4S. The zero-order valence-electron chi connectivity index (χ0n) is 11.1. The Labute approximate surface area is 124 Å². The molecule has 4 fully saturated rings. The van der Waals surface area contributed by atoms with E-state index in [0.29, 0.717) is 32.5 Å². The average Bonchev–Trinajstić information content (AvgIpc) is 2.89. The monoisotopic (exact) mass is 310 g/mol. The molecule has 3 atom stereocenters. The highest BCUT2D eigenvalue weighted by molar-refractivity contribution is 8.16. The van der Waals surface area contributed by atoms with Crippen LogP contribution in [0, 0.1) is 0 Å². The topological polar surface area (TPSA) is 98.8 Å². The minimum absolute atomic E-state index is 0.260. The summed E-state index contributed by atoms with van der Waals surface area (Å²) >= 11 is 0.915. The lowest BCUT2D eigenvalue weighted by Gasteiger charge is -2.46. The first-order valence-electron chi connectivity index (χ1n) is 6.93. The van der Waals surface area contributed by atoms with Crippen molar-refractivity contribution in [3.63, 3.8) is 0 Å². The van der Waals surface area contributed by atoms with Crippen LogP contribution in [-0.4, -0.2) is 69.3 Å². The SMILES string of the molecule is O=C1NC(=O)C2(CCC2N2C(=O)C3CNCCN3C2=O)S1. The molecule has 8 nitrogen and oxygen atoms in total. The van der Waals surface area contributed by atoms with Crippen LogP contribution in [-0.2, 0) is 9.59 Å². The lowest BCUT2D eigenvalue weighted by Crippen LogP contribution is -2.63. The number of amides is 5. The fraction of sp³-hybridized carbons (Fsp3) is 0.667. The second-order valence-electron chi connectivity index (χ2n) is 5.69. The molecule has 3 heterocycles. The number of piperazine rings is 1. The van der Waals surface area contributed by atoms with E-state index >= 15 is 0 Å². The fourth-order valence-electron chi connectivity index (χ4n) is 3.53. The van der Waals surface area contributed by atoms with Crippen molar-refractivity contribution in [2.45, 2.75) is 29.7 Å². The summed E-state index contributed by atoms with van der Waals surface area (Å²) in [7, 11) is 0. The Morgan fingerprint density at radius 1 is 1.24 bits per heavy atom. The number of nitrogens with one attached hydrogen (secondary N) is 2. The molecule has 0 aromatic carbocycles. The van der Waals surface area contributed by atoms with Gasteiger partial charge >= 0.3 is 6.03 Å². The summed E-state index contributed by atoms with van der Waals surface area (Å²) in [6, 6.07) is -1.32. The number of fused-ring (bicyclic) bond motifs is 1. The van der Waals surface area contributed by atoms with Crippen molar-refractivity contribution in [1.29, 1.82) is 0 Å². The van der Waals surface area contributed by atoms with E-state index in [0.717, 1.165) is 11.8 Å². The Kier molecular flexibility index (Phi) is 2.62. The van der Waals surface area contributed by atoms with E-state index in [-0.39, 0.29) is 17.8 Å². The minimum atomic E-state index is -0.968. The van der Waals surface area contributed by atoms with E-state index < -0.39 is 22.1 Å². The molecule has 1 saturated carbocycles. The first kappa shape index (κ1) is 13.1. The van der Waals surface area contributed by atoms with E-state index in [4.69, 9.17) is 0 Å². The van der Waals surface area contributed by atoms with Gasteiger partial charge in [0.05, 0.1) is 6.04 Å². The molecule has 112 valence electrons. The Bertz CT molecular complexity index is 558. The number of rotatable bonds is 1. The number of nitrogens with zero attached hydrogens (tertiary/aromatic N) is 2. The van der Waals surface area contributed by atoms with Crippen LogP contribution in [0.5, 0.6) is 0 Å². The van der Waals surface area contributed by atoms with Crippen LogP contribution >= 0.6 is 11.8 Å². The summed E-state index contributed by atoms with van der Waals surface area (Å²) in [4.78, 5) is 51.3. The standard InChI is InChI=1S/C12H14N4O4S/c17-8-6-5-13-3-4-15(6)11(20)16(8)7-1-2-12(7)9(18)14-10(19)21-12/h6-7,13H,1-5H2,(H,14,18,19). The molecule has 5 amide bonds. The smallest absolute Gasteiger partial charge is 0.312 e. The van der Waals surface area contributed by atoms with Gasteiger partial charge < -0.3 is 10.2 Å². The lowest BCUT2D eigenvalue weighted by molar-refractivity contribution is -0.134. The largest absolute Gasteiger partial charge is 0.327 e. The van der Waals surface area contributed by atoms with Gasteiger partial charge in [0.1, 0.15) is 10.8 Å². The van der Waals surface area contributed by atoms with E-state index in [1.54, 1.807) is 4.90 Å². The molecule has 21 heavy (non-hydrogen) atoms. The molecule has 0 radical (unpaired) electrons. The Morgan fingerprint density at radius 3 is 2.62 bits per heavy atom. The van der Waals surface area contributed by atoms with Gasteiger partial charge in [-0.05, 0) is 24.6 Å². The maximum Gasteiger partial charge on any atom is 0.327 e. The third-order valence-corrected chi connectivity index (χ3v) is 6.04. The van der Waals surface area contributed by atoms with Crippen molar-refractivity contribution >= 4 is 34.8 Å². The Hall–Kier alpha value is -1.61. The molecule has 9 heteroatoms. The van der Waals surface area contributed by atoms with Crippen molar-refractivity contribution in [3.05, 3.63) is 0 Å². The Morgan fingerprint density at radius 2 is 2.05 bits per heavy atom. The van der Waals surface area contributed by atoms with Crippen molar-refractivity contribution in [3.8, 4) is 0 Å². The molecule has 3 unspecified atom stereocenters. The van der Waals surface area contributed by atoms with Crippen molar-refractivity contribution < 1.29 is 19.2 Å². The second kappa shape index (κ2) is 4.20. The number of hydrogen-bond donors (Lipinski definition) is 2. The van der Waals surface area contributed by atoms with Gasteiger partial charge in [-0.1, -0.05) is 0 Å². The van der Waals surface area contributed by atoms with Crippen molar-refractivity contribution in [2.75, 3.05) is 19.6 Å². The van der Waals surface area contributed by atoms with Gasteiger partial charge in [0.2, 0.25) is 5.91 Å². The minimum Gasteiger partial charge on any atom is -0.312 e. The molecule has 1 spiro atoms. The van der Waals surface area contributed by atoms with Gasteiger partial charge in [-0.15, -0.1) is 0 Å². The zero-order chi connectivity index (χ0) is 14.8. The zero-order valence-corrected chi connectivity index (χ0v) is 11.9. The quantitative estimate of drug-likeness (QED) is 0.610. The summed E-state index contributed by atoms with van der Waals surface area (Å²) in [5.74, 6) is -0.638. The molecule has 0 aromatic rings. The number of hydrogen-bond acceptors (Lipinski definition) is 6. The van der Waals surface area contributed by atoms with Crippen LogP contribution in [0.4, 0.5) is 9.59 Å². The summed E-state index contributed by atoms with van der Waals surface area (Å²) < 4.78 is -0.968. The summed E-state index contributed by atoms with van der Waals surface area (Å²) in [6.45, 7) is 1.59. The molecule has 2 N–H and O–H groups in total. The van der Waals surface area contributed by atoms with Gasteiger partial charge in [0, 0.05) is 19.6 Å². The van der Waals surface area contributed by atoms with E-state index in [1.165, 1.54) is 4.90 Å². The van der Waals surface area contributed by atoms with E-state index in [2.05, 4.69) is 10.6 Å². The lowest BCUT2D eigenvalue weighted by atomic mass is 9.76. The molecule has 4 rings (SSSR count). The first-order valence-corrected chi connectivity index (χ1v) is 7.75. The number of imide groups is 2. The van der Waals surface area contributed by atoms with Crippen molar-refractivity contribution in [2.24, 2.45) is 0 Å². The summed E-state index contributed by atoms with van der Waals surface area (Å²) in [5, 5.41) is 4.96. The van der Waals surface area contributed by atoms with Gasteiger partial charge in [-0.25, -0.2) is 4.79 Å². The maximum atomic E-state index is 12.5. The van der Waals surface area contributed by atoms with E-state index in [1.807, 2.05) is 0 Å². The van der Waals surface area contributed by atoms with Gasteiger partial charge in [0.15, 0.2) is 0 Å². The third-order valence-electron chi connectivity index (χ3n) is 4.73. The van der Waals surface area contributed by atoms with E-state index in [9.17, 15) is 19.2 Å². The molecule has 3 aliphatic heterocycles. The summed E-state index contributed by atoms with van der Waals surface area (Å²) in [5.41, 5.74) is 0. The molecule has 1 aliphatic carbocycles. The molecule has 4 aliphatic rings. The highest BCUT2D eigenvalue weighted by Gasteiger charge is 2.65. The van der Waals surface area contributed by atoms with Gasteiger partial charge in [0.25, 0.3) is 11.1 Å². The predicted octanol–water partition coefficient (Wildman–Crippen LogP) is -0.893. The van der Waals surface area contributed by atoms with Crippen LogP contribution in [0.1, 0.15) is 12.8 Å². The molecule has 3 saturated heterocycles. The number of urea groups is 1. The predicted molar refractivity (Wildman–Crippen MR) is 72.5 cm³/mol. The number of carbonyl (C=O) groups excluding carboxylic acids is 4. The average molecular weight is 310 g/mol. The number of thioether (sulfide) groups is 1. The maximum absolute atomic E-state index is 12.5. The van der Waals surface area contributed by atoms with Crippen LogP contribution < -0.4 is 10.6 Å². The highest BCUT2D eigenvalue weighted by Crippen LogP contribution is 2.51. The van der Waals surface area contributed by atoms with Crippen LogP contribution in [0.15, 0.2) is 0 Å². The second-order valence-corrected chi connectivity index (χ2v) is 7.00. The molecular weight excluding hydrogens is 296 g/mol. The van der Waals surface area contributed by atoms with Crippen molar-refractivity contribution in [1.82, 2.24) is 20.4 Å². The third kappa shape index (κ3) is 1.55. The molecule has 0 aromatic heterocycles. The first-order chi connectivity index (χ1) is 10.0. The molecule has 0 bridgehead atoms. The van der Waals surface area contributed by atoms with Crippen LogP contribution in [0.2, 0.25) is 0 Å². The Balaban J connectivity index is 1.65. The normalized spacial score (nSPS) is 38.9. The fourth-order valence-corrected chi connectivity index (χ4v) is 4.72. The highest BCUT2D eigenvalue weighted by atomic mass is 32.2. The van der Waals surface area contributed by atoms with Gasteiger partial charge in [-0.2, -0.15) is 0 Å². The number of carbonyl (C=O) groups is 4. The summed E-state index contributed by atoms with van der Waals surface area (Å²) in [6.07, 6.45) is 1.08. The van der Waals surface area contributed by atoms with Crippen LogP contribution in [0.25, 0.3) is 0 Å².